The SMILES string of the molecule is CSCC(=O)N[C@H]1Cc2cccc(C(=O)OCOC(=O)C(C)(C)I)c2OB1O. The molecule has 0 aliphatic carbocycles. The molecule has 1 heterocycles. The van der Waals surface area contributed by atoms with Crippen LogP contribution in [0.15, 0.2) is 18.2 Å². The fraction of sp³-hybridized carbons (Fsp3) is 0.471. The Labute approximate surface area is 181 Å². The normalized spacial score (nSPS) is 15.9. The van der Waals surface area contributed by atoms with Crippen molar-refractivity contribution in [3.05, 3.63) is 29.3 Å². The van der Waals surface area contributed by atoms with E-state index < -0.39 is 35.2 Å². The van der Waals surface area contributed by atoms with Crippen LogP contribution in [0.3, 0.4) is 0 Å². The van der Waals surface area contributed by atoms with Crippen molar-refractivity contribution >= 4 is 59.3 Å². The summed E-state index contributed by atoms with van der Waals surface area (Å²) >= 11 is 3.29. The van der Waals surface area contributed by atoms with E-state index in [1.165, 1.54) is 17.8 Å². The number of hydrogen-bond donors (Lipinski definition) is 2. The van der Waals surface area contributed by atoms with E-state index in [9.17, 15) is 19.4 Å². The average Bonchev–Trinajstić information content (AvgIpc) is 2.61. The molecule has 0 bridgehead atoms. The number of nitrogens with one attached hydrogen (secondary N) is 1. The summed E-state index contributed by atoms with van der Waals surface area (Å²) in [5.41, 5.74) is 0.759. The first-order valence-electron chi connectivity index (χ1n) is 8.41. The maximum absolute atomic E-state index is 12.3. The van der Waals surface area contributed by atoms with Crippen LogP contribution in [-0.4, -0.2) is 58.2 Å². The van der Waals surface area contributed by atoms with E-state index in [2.05, 4.69) is 5.32 Å². The zero-order valence-corrected chi connectivity index (χ0v) is 18.7. The third kappa shape index (κ3) is 6.01. The summed E-state index contributed by atoms with van der Waals surface area (Å²) in [7, 11) is -1.30. The summed E-state index contributed by atoms with van der Waals surface area (Å²) in [4.78, 5) is 35.8. The van der Waals surface area contributed by atoms with Crippen LogP contribution in [0, 0.1) is 0 Å². The lowest BCUT2D eigenvalue weighted by molar-refractivity contribution is -0.153. The molecule has 0 radical (unpaired) electrons. The first kappa shape index (κ1) is 22.8. The Morgan fingerprint density at radius 1 is 1.39 bits per heavy atom. The van der Waals surface area contributed by atoms with Gasteiger partial charge in [0, 0.05) is 0 Å². The van der Waals surface area contributed by atoms with E-state index in [1.54, 1.807) is 32.2 Å². The number of carbonyl (C=O) groups is 3. The van der Waals surface area contributed by atoms with Gasteiger partial charge < -0.3 is 24.5 Å². The smallest absolute Gasteiger partial charge is 0.534 e. The summed E-state index contributed by atoms with van der Waals surface area (Å²) < 4.78 is 14.7. The molecule has 1 aromatic carbocycles. The van der Waals surface area contributed by atoms with Crippen molar-refractivity contribution in [1.29, 1.82) is 0 Å². The van der Waals surface area contributed by atoms with Crippen LogP contribution in [0.4, 0.5) is 0 Å². The van der Waals surface area contributed by atoms with Crippen molar-refractivity contribution < 1.29 is 33.5 Å². The number of hydrogen-bond acceptors (Lipinski definition) is 8. The summed E-state index contributed by atoms with van der Waals surface area (Å²) in [6.07, 6.45) is 2.11. The molecule has 1 amide bonds. The standard InChI is InChI=1S/C17H21BINO7S/c1-17(2,19)16(23)26-9-25-15(22)11-6-4-5-10-7-12(18(24)27-14(10)11)20-13(21)8-28-3/h4-6,12,24H,7-9H2,1-3H3,(H,20,21)/t12-/m0/s1. The zero-order valence-electron chi connectivity index (χ0n) is 15.7. The van der Waals surface area contributed by atoms with Crippen molar-refractivity contribution in [2.45, 2.75) is 29.6 Å². The largest absolute Gasteiger partial charge is 0.547 e. The maximum Gasteiger partial charge on any atom is 0.547 e. The summed E-state index contributed by atoms with van der Waals surface area (Å²) in [5, 5.41) is 12.9. The van der Waals surface area contributed by atoms with Crippen molar-refractivity contribution in [3.63, 3.8) is 0 Å². The minimum Gasteiger partial charge on any atom is -0.534 e. The fourth-order valence-electron chi connectivity index (χ4n) is 2.47. The molecule has 1 aliphatic rings. The number of carbonyl (C=O) groups excluding carboxylic acids is 3. The van der Waals surface area contributed by atoms with Crippen molar-refractivity contribution in [1.82, 2.24) is 5.32 Å². The molecule has 1 atom stereocenters. The second-order valence-corrected chi connectivity index (χ2v) is 10.1. The van der Waals surface area contributed by atoms with Gasteiger partial charge in [0.15, 0.2) is 0 Å². The van der Waals surface area contributed by atoms with Crippen LogP contribution in [0.5, 0.6) is 5.75 Å². The van der Waals surface area contributed by atoms with E-state index in [0.717, 1.165) is 0 Å². The highest BCUT2D eigenvalue weighted by atomic mass is 127. The summed E-state index contributed by atoms with van der Waals surface area (Å²) in [6.45, 7) is 2.83. The minimum atomic E-state index is -1.30. The van der Waals surface area contributed by atoms with Crippen LogP contribution >= 0.6 is 34.4 Å². The van der Waals surface area contributed by atoms with Gasteiger partial charge in [-0.3, -0.25) is 9.59 Å². The van der Waals surface area contributed by atoms with E-state index in [4.69, 9.17) is 14.1 Å². The second-order valence-electron chi connectivity index (χ2n) is 6.57. The molecule has 8 nitrogen and oxygen atoms in total. The number of para-hydroxylation sites is 1. The number of halogens is 1. The van der Waals surface area contributed by atoms with Gasteiger partial charge in [0.25, 0.3) is 0 Å². The Morgan fingerprint density at radius 2 is 2.11 bits per heavy atom. The summed E-state index contributed by atoms with van der Waals surface area (Å²) in [5.74, 6) is -1.62. The molecule has 1 aliphatic heterocycles. The predicted octanol–water partition coefficient (Wildman–Crippen LogP) is 1.36. The number of esters is 2. The van der Waals surface area contributed by atoms with Gasteiger partial charge in [0.05, 0.1) is 11.7 Å². The number of thioether (sulfide) groups is 1. The second kappa shape index (κ2) is 9.83. The molecule has 0 unspecified atom stereocenters. The highest BCUT2D eigenvalue weighted by Gasteiger charge is 2.38. The average molecular weight is 521 g/mol. The van der Waals surface area contributed by atoms with E-state index in [-0.39, 0.29) is 23.0 Å². The van der Waals surface area contributed by atoms with Crippen LogP contribution < -0.4 is 9.97 Å². The van der Waals surface area contributed by atoms with Gasteiger partial charge in [0.1, 0.15) is 14.7 Å². The molecule has 0 saturated heterocycles. The number of ether oxygens (including phenoxy) is 2. The highest BCUT2D eigenvalue weighted by molar-refractivity contribution is 14.1. The third-order valence-corrected chi connectivity index (χ3v) is 4.82. The number of benzene rings is 1. The van der Waals surface area contributed by atoms with Gasteiger partial charge in [-0.15, -0.1) is 0 Å². The molecule has 11 heteroatoms. The van der Waals surface area contributed by atoms with E-state index in [1.807, 2.05) is 22.6 Å². The van der Waals surface area contributed by atoms with Crippen LogP contribution in [-0.2, 0) is 25.5 Å². The topological polar surface area (TPSA) is 111 Å². The van der Waals surface area contributed by atoms with Crippen molar-refractivity contribution in [3.8, 4) is 5.75 Å². The lowest BCUT2D eigenvalue weighted by Crippen LogP contribution is -2.53. The van der Waals surface area contributed by atoms with Crippen LogP contribution in [0.25, 0.3) is 0 Å². The zero-order chi connectivity index (χ0) is 20.9. The monoisotopic (exact) mass is 521 g/mol. The van der Waals surface area contributed by atoms with Crippen LogP contribution in [0.1, 0.15) is 29.8 Å². The molecule has 152 valence electrons. The molecule has 2 rings (SSSR count). The Hall–Kier alpha value is -1.47. The van der Waals surface area contributed by atoms with Gasteiger partial charge in [-0.2, -0.15) is 11.8 Å². The number of fused-ring (bicyclic) bond motifs is 1. The van der Waals surface area contributed by atoms with E-state index >= 15 is 0 Å². The molecule has 0 saturated carbocycles. The molecular weight excluding hydrogens is 500 g/mol. The van der Waals surface area contributed by atoms with Gasteiger partial charge in [0.2, 0.25) is 12.7 Å². The quantitative estimate of drug-likeness (QED) is 0.182. The lowest BCUT2D eigenvalue weighted by atomic mass is 9.72. The Bertz CT molecular complexity index is 756. The molecule has 0 spiro atoms. The third-order valence-electron chi connectivity index (χ3n) is 3.83. The van der Waals surface area contributed by atoms with Gasteiger partial charge in [-0.1, -0.05) is 34.7 Å². The van der Waals surface area contributed by atoms with Gasteiger partial charge >= 0.3 is 19.1 Å². The van der Waals surface area contributed by atoms with Crippen molar-refractivity contribution in [2.75, 3.05) is 18.8 Å². The van der Waals surface area contributed by atoms with Gasteiger partial charge in [-0.05, 0) is 38.2 Å². The fourth-order valence-corrected chi connectivity index (χ4v) is 2.98. The number of alkyl halides is 1. The maximum atomic E-state index is 12.3. The van der Waals surface area contributed by atoms with Crippen LogP contribution in [0.2, 0.25) is 0 Å². The van der Waals surface area contributed by atoms with Crippen molar-refractivity contribution in [2.24, 2.45) is 0 Å². The first-order chi connectivity index (χ1) is 13.1. The Morgan fingerprint density at radius 3 is 2.75 bits per heavy atom. The molecule has 28 heavy (non-hydrogen) atoms. The molecule has 1 aromatic rings. The molecule has 2 N–H and O–H groups in total. The Kier molecular flexibility index (Phi) is 8.02. The van der Waals surface area contributed by atoms with E-state index in [0.29, 0.717) is 12.0 Å². The first-order valence-corrected chi connectivity index (χ1v) is 10.9. The highest BCUT2D eigenvalue weighted by Crippen LogP contribution is 2.30. The predicted molar refractivity (Wildman–Crippen MR) is 114 cm³/mol. The minimum absolute atomic E-state index is 0.107. The summed E-state index contributed by atoms with van der Waals surface area (Å²) in [6, 6.07) is 4.88. The molecule has 0 aromatic heterocycles. The molecule has 0 fully saturated rings. The Balaban J connectivity index is 2.04. The molecular formula is C17H21BINO7S. The lowest BCUT2D eigenvalue weighted by Gasteiger charge is -2.29. The number of amides is 1. The van der Waals surface area contributed by atoms with Gasteiger partial charge in [-0.25, -0.2) is 4.79 Å². The number of rotatable bonds is 7.